The second-order valence-corrected chi connectivity index (χ2v) is 5.93. The van der Waals surface area contributed by atoms with E-state index >= 15 is 0 Å². The highest BCUT2D eigenvalue weighted by Gasteiger charge is 2.13. The first-order valence-electron chi connectivity index (χ1n) is 8.45. The first-order valence-corrected chi connectivity index (χ1v) is 8.45. The van der Waals surface area contributed by atoms with Crippen molar-refractivity contribution in [1.29, 1.82) is 0 Å². The average molecular weight is 341 g/mol. The molecule has 7 nitrogen and oxygen atoms in total. The van der Waals surface area contributed by atoms with Crippen LogP contribution in [0.25, 0.3) is 0 Å². The van der Waals surface area contributed by atoms with Gasteiger partial charge in [0.15, 0.2) is 0 Å². The molecule has 3 heterocycles. The largest absolute Gasteiger partial charge is 0.378 e. The summed E-state index contributed by atoms with van der Waals surface area (Å²) in [5.74, 6) is 0.921. The second kappa shape index (κ2) is 8.43. The van der Waals surface area contributed by atoms with Crippen LogP contribution in [0.3, 0.4) is 0 Å². The van der Waals surface area contributed by atoms with E-state index in [4.69, 9.17) is 4.74 Å². The number of hydrogen-bond acceptors (Lipinski definition) is 5. The Morgan fingerprint density at radius 3 is 2.84 bits per heavy atom. The molecule has 25 heavy (non-hydrogen) atoms. The van der Waals surface area contributed by atoms with E-state index in [1.165, 1.54) is 0 Å². The van der Waals surface area contributed by atoms with Crippen LogP contribution in [-0.2, 0) is 11.3 Å². The lowest BCUT2D eigenvalue weighted by Gasteiger charge is -2.28. The summed E-state index contributed by atoms with van der Waals surface area (Å²) in [7, 11) is 0. The van der Waals surface area contributed by atoms with Gasteiger partial charge in [0.2, 0.25) is 0 Å². The number of urea groups is 1. The molecule has 3 rings (SSSR count). The van der Waals surface area contributed by atoms with Crippen molar-refractivity contribution in [2.75, 3.05) is 31.2 Å². The van der Waals surface area contributed by atoms with Crippen molar-refractivity contribution in [1.82, 2.24) is 20.6 Å². The first kappa shape index (κ1) is 17.2. The highest BCUT2D eigenvalue weighted by Crippen LogP contribution is 2.14. The molecular weight excluding hydrogens is 318 g/mol. The van der Waals surface area contributed by atoms with Crippen LogP contribution < -0.4 is 15.5 Å². The smallest absolute Gasteiger partial charge is 0.315 e. The highest BCUT2D eigenvalue weighted by atomic mass is 16.5. The number of pyridine rings is 2. The Labute approximate surface area is 147 Å². The molecule has 7 heteroatoms. The number of rotatable bonds is 5. The summed E-state index contributed by atoms with van der Waals surface area (Å²) in [5.41, 5.74) is 1.84. The van der Waals surface area contributed by atoms with Gasteiger partial charge in [0.05, 0.1) is 24.9 Å². The minimum absolute atomic E-state index is 0.150. The van der Waals surface area contributed by atoms with E-state index in [1.807, 2.05) is 37.3 Å². The average Bonchev–Trinajstić information content (AvgIpc) is 2.68. The van der Waals surface area contributed by atoms with Crippen LogP contribution in [0, 0.1) is 0 Å². The van der Waals surface area contributed by atoms with E-state index in [-0.39, 0.29) is 12.1 Å². The van der Waals surface area contributed by atoms with Crippen LogP contribution >= 0.6 is 0 Å². The summed E-state index contributed by atoms with van der Waals surface area (Å²) in [6.45, 7) is 5.47. The third-order valence-electron chi connectivity index (χ3n) is 4.08. The fourth-order valence-electron chi connectivity index (χ4n) is 2.67. The minimum atomic E-state index is -0.220. The van der Waals surface area contributed by atoms with Crippen molar-refractivity contribution >= 4 is 11.8 Å². The molecule has 1 unspecified atom stereocenters. The van der Waals surface area contributed by atoms with Gasteiger partial charge < -0.3 is 20.3 Å². The Morgan fingerprint density at radius 2 is 2.08 bits per heavy atom. The summed E-state index contributed by atoms with van der Waals surface area (Å²) in [6, 6.07) is 9.20. The van der Waals surface area contributed by atoms with Crippen LogP contribution in [-0.4, -0.2) is 42.3 Å². The predicted molar refractivity (Wildman–Crippen MR) is 95.3 cm³/mol. The molecule has 2 aromatic heterocycles. The van der Waals surface area contributed by atoms with E-state index < -0.39 is 0 Å². The normalized spacial score (nSPS) is 15.5. The molecule has 0 aromatic carbocycles. The fourth-order valence-corrected chi connectivity index (χ4v) is 2.67. The number of hydrogen-bond donors (Lipinski definition) is 2. The van der Waals surface area contributed by atoms with E-state index in [2.05, 4.69) is 25.5 Å². The SMILES string of the molecule is CC(NC(=O)NCc1ccnc(N2CCOCC2)c1)c1ccccn1. The molecule has 2 amide bonds. The van der Waals surface area contributed by atoms with Gasteiger partial charge in [-0.05, 0) is 36.8 Å². The Morgan fingerprint density at radius 1 is 1.24 bits per heavy atom. The third-order valence-corrected chi connectivity index (χ3v) is 4.08. The summed E-state index contributed by atoms with van der Waals surface area (Å²) in [5, 5.41) is 5.77. The Kier molecular flexibility index (Phi) is 5.79. The molecule has 1 saturated heterocycles. The molecule has 132 valence electrons. The van der Waals surface area contributed by atoms with Gasteiger partial charge in [-0.15, -0.1) is 0 Å². The van der Waals surface area contributed by atoms with Gasteiger partial charge in [-0.1, -0.05) is 6.07 Å². The zero-order valence-electron chi connectivity index (χ0n) is 14.3. The molecule has 0 saturated carbocycles. The second-order valence-electron chi connectivity index (χ2n) is 5.93. The third kappa shape index (κ3) is 4.90. The summed E-state index contributed by atoms with van der Waals surface area (Å²) in [4.78, 5) is 22.9. The zero-order valence-corrected chi connectivity index (χ0v) is 14.3. The molecule has 0 spiro atoms. The molecule has 1 aliphatic heterocycles. The number of carbonyl (C=O) groups excluding carboxylic acids is 1. The van der Waals surface area contributed by atoms with Gasteiger partial charge in [0, 0.05) is 32.0 Å². The lowest BCUT2D eigenvalue weighted by atomic mass is 10.2. The van der Waals surface area contributed by atoms with Gasteiger partial charge in [-0.2, -0.15) is 0 Å². The van der Waals surface area contributed by atoms with E-state index in [9.17, 15) is 4.79 Å². The van der Waals surface area contributed by atoms with Gasteiger partial charge in [-0.25, -0.2) is 9.78 Å². The molecule has 1 aliphatic rings. The maximum Gasteiger partial charge on any atom is 0.315 e. The topological polar surface area (TPSA) is 79.4 Å². The quantitative estimate of drug-likeness (QED) is 0.868. The predicted octanol–water partition coefficient (Wildman–Crippen LogP) is 1.87. The zero-order chi connectivity index (χ0) is 17.5. The first-order chi connectivity index (χ1) is 12.2. The summed E-state index contributed by atoms with van der Waals surface area (Å²) in [6.07, 6.45) is 3.49. The maximum absolute atomic E-state index is 12.1. The van der Waals surface area contributed by atoms with E-state index in [0.29, 0.717) is 6.54 Å². The number of carbonyl (C=O) groups is 1. The Hall–Kier alpha value is -2.67. The number of anilines is 1. The fraction of sp³-hybridized carbons (Fsp3) is 0.389. The number of aromatic nitrogens is 2. The molecule has 1 fully saturated rings. The van der Waals surface area contributed by atoms with Crippen LogP contribution in [0.5, 0.6) is 0 Å². The molecule has 0 bridgehead atoms. The Bertz CT molecular complexity index is 689. The molecule has 0 radical (unpaired) electrons. The minimum Gasteiger partial charge on any atom is -0.378 e. The standard InChI is InChI=1S/C18H23N5O2/c1-14(16-4-2-3-6-19-16)22-18(24)21-13-15-5-7-20-17(12-15)23-8-10-25-11-9-23/h2-7,12,14H,8-11,13H2,1H3,(H2,21,22,24). The van der Waals surface area contributed by atoms with Crippen molar-refractivity contribution in [2.24, 2.45) is 0 Å². The monoisotopic (exact) mass is 341 g/mol. The molecule has 2 aromatic rings. The number of nitrogens with one attached hydrogen (secondary N) is 2. The number of amides is 2. The molecule has 0 aliphatic carbocycles. The van der Waals surface area contributed by atoms with Crippen LogP contribution in [0.2, 0.25) is 0 Å². The van der Waals surface area contributed by atoms with Gasteiger partial charge in [-0.3, -0.25) is 4.98 Å². The highest BCUT2D eigenvalue weighted by molar-refractivity contribution is 5.74. The molecule has 1 atom stereocenters. The lowest BCUT2D eigenvalue weighted by molar-refractivity contribution is 0.122. The van der Waals surface area contributed by atoms with Crippen molar-refractivity contribution in [3.05, 3.63) is 54.0 Å². The van der Waals surface area contributed by atoms with Gasteiger partial charge in [0.1, 0.15) is 5.82 Å². The number of morpholine rings is 1. The lowest BCUT2D eigenvalue weighted by Crippen LogP contribution is -2.37. The van der Waals surface area contributed by atoms with Crippen LogP contribution in [0.15, 0.2) is 42.7 Å². The number of ether oxygens (including phenoxy) is 1. The van der Waals surface area contributed by atoms with Gasteiger partial charge in [0.25, 0.3) is 0 Å². The molecule has 2 N–H and O–H groups in total. The van der Waals surface area contributed by atoms with E-state index in [1.54, 1.807) is 12.4 Å². The van der Waals surface area contributed by atoms with Crippen LogP contribution in [0.1, 0.15) is 24.2 Å². The van der Waals surface area contributed by atoms with Crippen molar-refractivity contribution in [3.8, 4) is 0 Å². The maximum atomic E-state index is 12.1. The Balaban J connectivity index is 1.52. The number of nitrogens with zero attached hydrogens (tertiary/aromatic N) is 3. The van der Waals surface area contributed by atoms with Crippen molar-refractivity contribution in [3.63, 3.8) is 0 Å². The molecular formula is C18H23N5O2. The summed E-state index contributed by atoms with van der Waals surface area (Å²) >= 11 is 0. The van der Waals surface area contributed by atoms with Gasteiger partial charge >= 0.3 is 6.03 Å². The summed E-state index contributed by atoms with van der Waals surface area (Å²) < 4.78 is 5.36. The van der Waals surface area contributed by atoms with Crippen molar-refractivity contribution < 1.29 is 9.53 Å². The van der Waals surface area contributed by atoms with E-state index in [0.717, 1.165) is 43.4 Å². The van der Waals surface area contributed by atoms with Crippen LogP contribution in [0.4, 0.5) is 10.6 Å². The van der Waals surface area contributed by atoms with Crippen molar-refractivity contribution in [2.45, 2.75) is 19.5 Å².